The first-order valence-electron chi connectivity index (χ1n) is 6.25. The number of hydrogen-bond acceptors (Lipinski definition) is 2. The molecule has 0 saturated carbocycles. The third-order valence-electron chi connectivity index (χ3n) is 3.29. The van der Waals surface area contributed by atoms with Crippen molar-refractivity contribution in [2.45, 2.75) is 13.0 Å². The van der Waals surface area contributed by atoms with E-state index in [4.69, 9.17) is 5.26 Å². The molecule has 3 heteroatoms. The summed E-state index contributed by atoms with van der Waals surface area (Å²) in [5.74, 6) is 0. The van der Waals surface area contributed by atoms with Gasteiger partial charge in [-0.15, -0.1) is 0 Å². The standard InChI is InChI=1S/C16H13N3/c17-12-14-1-2-15-6-10-19(16(15)11-14)9-5-13-3-7-18-8-4-13/h1-4,6-8,10-11H,5,9H2. The van der Waals surface area contributed by atoms with Crippen LogP contribution in [0.15, 0.2) is 55.0 Å². The second-order valence-corrected chi connectivity index (χ2v) is 4.50. The molecule has 0 aliphatic heterocycles. The Balaban J connectivity index is 1.87. The summed E-state index contributed by atoms with van der Waals surface area (Å²) in [6.07, 6.45) is 6.67. The molecule has 1 aromatic carbocycles. The predicted molar refractivity (Wildman–Crippen MR) is 74.6 cm³/mol. The minimum absolute atomic E-state index is 0.705. The van der Waals surface area contributed by atoms with Crippen LogP contribution in [0.3, 0.4) is 0 Å². The molecule has 2 heterocycles. The van der Waals surface area contributed by atoms with E-state index in [1.54, 1.807) is 0 Å². The van der Waals surface area contributed by atoms with Crippen LogP contribution < -0.4 is 0 Å². The van der Waals surface area contributed by atoms with Crippen LogP contribution in [0.4, 0.5) is 0 Å². The summed E-state index contributed by atoms with van der Waals surface area (Å²) in [6, 6.07) is 14.1. The van der Waals surface area contributed by atoms with Gasteiger partial charge in [0.05, 0.1) is 11.6 Å². The highest BCUT2D eigenvalue weighted by Gasteiger charge is 2.02. The monoisotopic (exact) mass is 247 g/mol. The van der Waals surface area contributed by atoms with Gasteiger partial charge in [-0.1, -0.05) is 6.07 Å². The van der Waals surface area contributed by atoms with Crippen molar-refractivity contribution < 1.29 is 0 Å². The molecule has 0 aliphatic carbocycles. The van der Waals surface area contributed by atoms with Gasteiger partial charge < -0.3 is 4.57 Å². The Bertz CT molecular complexity index is 736. The van der Waals surface area contributed by atoms with Crippen LogP contribution in [0.2, 0.25) is 0 Å². The number of rotatable bonds is 3. The zero-order valence-electron chi connectivity index (χ0n) is 10.5. The number of aromatic nitrogens is 2. The fraction of sp³-hybridized carbons (Fsp3) is 0.125. The quantitative estimate of drug-likeness (QED) is 0.713. The molecular formula is C16H13N3. The zero-order chi connectivity index (χ0) is 13.1. The number of nitriles is 1. The molecule has 0 spiro atoms. The molecule has 0 N–H and O–H groups in total. The molecule has 3 rings (SSSR count). The number of fused-ring (bicyclic) bond motifs is 1. The molecule has 0 amide bonds. The summed E-state index contributed by atoms with van der Waals surface area (Å²) in [6.45, 7) is 0.905. The van der Waals surface area contributed by atoms with Crippen molar-refractivity contribution in [3.8, 4) is 6.07 Å². The van der Waals surface area contributed by atoms with Gasteiger partial charge in [0, 0.05) is 30.7 Å². The van der Waals surface area contributed by atoms with E-state index >= 15 is 0 Å². The Morgan fingerprint density at radius 2 is 1.95 bits per heavy atom. The number of benzene rings is 1. The van der Waals surface area contributed by atoms with E-state index in [0.717, 1.165) is 18.5 Å². The Kier molecular flexibility index (Phi) is 2.99. The fourth-order valence-corrected chi connectivity index (χ4v) is 2.25. The van der Waals surface area contributed by atoms with Crippen molar-refractivity contribution >= 4 is 10.9 Å². The van der Waals surface area contributed by atoms with Crippen LogP contribution in [0.1, 0.15) is 11.1 Å². The van der Waals surface area contributed by atoms with Crippen LogP contribution in [-0.4, -0.2) is 9.55 Å². The summed E-state index contributed by atoms with van der Waals surface area (Å²) >= 11 is 0. The summed E-state index contributed by atoms with van der Waals surface area (Å²) in [7, 11) is 0. The summed E-state index contributed by atoms with van der Waals surface area (Å²) in [5, 5.41) is 10.1. The molecule has 0 aliphatic rings. The minimum Gasteiger partial charge on any atom is -0.347 e. The van der Waals surface area contributed by atoms with E-state index in [0.29, 0.717) is 5.56 Å². The van der Waals surface area contributed by atoms with E-state index in [1.807, 2.05) is 42.7 Å². The van der Waals surface area contributed by atoms with E-state index in [1.165, 1.54) is 10.9 Å². The Labute approximate surface area is 111 Å². The maximum Gasteiger partial charge on any atom is 0.0992 e. The molecule has 0 bridgehead atoms. The molecule has 2 aromatic heterocycles. The lowest BCUT2D eigenvalue weighted by atomic mass is 10.2. The second kappa shape index (κ2) is 4.95. The van der Waals surface area contributed by atoms with Gasteiger partial charge in [-0.25, -0.2) is 0 Å². The van der Waals surface area contributed by atoms with Gasteiger partial charge in [0.15, 0.2) is 0 Å². The maximum atomic E-state index is 8.97. The van der Waals surface area contributed by atoms with E-state index in [9.17, 15) is 0 Å². The Hall–Kier alpha value is -2.60. The number of hydrogen-bond donors (Lipinski definition) is 0. The van der Waals surface area contributed by atoms with E-state index < -0.39 is 0 Å². The van der Waals surface area contributed by atoms with Crippen LogP contribution >= 0.6 is 0 Å². The largest absolute Gasteiger partial charge is 0.347 e. The average Bonchev–Trinajstić information content (AvgIpc) is 2.88. The zero-order valence-corrected chi connectivity index (χ0v) is 10.5. The molecule has 3 nitrogen and oxygen atoms in total. The van der Waals surface area contributed by atoms with Crippen molar-refractivity contribution in [3.63, 3.8) is 0 Å². The van der Waals surface area contributed by atoms with Crippen molar-refractivity contribution in [3.05, 3.63) is 66.1 Å². The lowest BCUT2D eigenvalue weighted by Crippen LogP contribution is -1.99. The molecule has 19 heavy (non-hydrogen) atoms. The first-order valence-corrected chi connectivity index (χ1v) is 6.25. The Morgan fingerprint density at radius 1 is 1.11 bits per heavy atom. The van der Waals surface area contributed by atoms with Gasteiger partial charge in [-0.2, -0.15) is 5.26 Å². The van der Waals surface area contributed by atoms with E-state index in [2.05, 4.69) is 27.9 Å². The highest BCUT2D eigenvalue weighted by atomic mass is 14.9. The highest BCUT2D eigenvalue weighted by Crippen LogP contribution is 2.18. The normalized spacial score (nSPS) is 10.5. The highest BCUT2D eigenvalue weighted by molar-refractivity contribution is 5.81. The third-order valence-corrected chi connectivity index (χ3v) is 3.29. The Morgan fingerprint density at radius 3 is 2.74 bits per heavy atom. The van der Waals surface area contributed by atoms with Crippen LogP contribution in [0.25, 0.3) is 10.9 Å². The molecule has 3 aromatic rings. The van der Waals surface area contributed by atoms with Crippen molar-refractivity contribution in [1.82, 2.24) is 9.55 Å². The smallest absolute Gasteiger partial charge is 0.0992 e. The van der Waals surface area contributed by atoms with Gasteiger partial charge in [0.25, 0.3) is 0 Å². The minimum atomic E-state index is 0.705. The van der Waals surface area contributed by atoms with Gasteiger partial charge >= 0.3 is 0 Å². The molecule has 0 unspecified atom stereocenters. The molecule has 92 valence electrons. The molecule has 0 fully saturated rings. The van der Waals surface area contributed by atoms with Gasteiger partial charge in [-0.05, 0) is 47.7 Å². The van der Waals surface area contributed by atoms with Crippen LogP contribution in [0, 0.1) is 11.3 Å². The number of pyridine rings is 1. The third kappa shape index (κ3) is 2.34. The van der Waals surface area contributed by atoms with Gasteiger partial charge in [-0.3, -0.25) is 4.98 Å². The van der Waals surface area contributed by atoms with Crippen LogP contribution in [0.5, 0.6) is 0 Å². The summed E-state index contributed by atoms with van der Waals surface area (Å²) < 4.78 is 2.19. The van der Waals surface area contributed by atoms with Crippen molar-refractivity contribution in [2.75, 3.05) is 0 Å². The van der Waals surface area contributed by atoms with Crippen molar-refractivity contribution in [1.29, 1.82) is 5.26 Å². The van der Waals surface area contributed by atoms with Crippen LogP contribution in [-0.2, 0) is 13.0 Å². The maximum absolute atomic E-state index is 8.97. The number of aryl methyl sites for hydroxylation is 2. The molecule has 0 radical (unpaired) electrons. The van der Waals surface area contributed by atoms with Crippen molar-refractivity contribution in [2.24, 2.45) is 0 Å². The summed E-state index contributed by atoms with van der Waals surface area (Å²) in [5.41, 5.74) is 3.10. The molecule has 0 atom stereocenters. The molecular weight excluding hydrogens is 234 g/mol. The topological polar surface area (TPSA) is 41.6 Å². The lowest BCUT2D eigenvalue weighted by Gasteiger charge is -2.05. The SMILES string of the molecule is N#Cc1ccc2ccn(CCc3ccncc3)c2c1. The second-order valence-electron chi connectivity index (χ2n) is 4.50. The average molecular weight is 247 g/mol. The first-order chi connectivity index (χ1) is 9.36. The molecule has 0 saturated heterocycles. The van der Waals surface area contributed by atoms with Gasteiger partial charge in [0.1, 0.15) is 0 Å². The summed E-state index contributed by atoms with van der Waals surface area (Å²) in [4.78, 5) is 4.02. The number of nitrogens with zero attached hydrogens (tertiary/aromatic N) is 3. The van der Waals surface area contributed by atoms with E-state index in [-0.39, 0.29) is 0 Å². The lowest BCUT2D eigenvalue weighted by molar-refractivity contribution is 0.722. The van der Waals surface area contributed by atoms with Gasteiger partial charge in [0.2, 0.25) is 0 Å². The predicted octanol–water partition coefficient (Wildman–Crippen LogP) is 3.15. The first kappa shape index (κ1) is 11.5. The fourth-order valence-electron chi connectivity index (χ4n) is 2.25.